The van der Waals surface area contributed by atoms with E-state index in [1.165, 1.54) is 19.9 Å². The smallest absolute Gasteiger partial charge is 0.0564 e. The number of thiophene rings is 1. The molecule has 0 saturated carbocycles. The molecule has 0 atom stereocenters. The minimum Gasteiger partial charge on any atom is -0.219 e. The van der Waals surface area contributed by atoms with Crippen LogP contribution in [-0.4, -0.2) is 6.21 Å². The van der Waals surface area contributed by atoms with E-state index in [4.69, 9.17) is 0 Å². The molecule has 2 aromatic rings. The second kappa shape index (κ2) is 3.26. The van der Waals surface area contributed by atoms with Crippen LogP contribution in [0.2, 0.25) is 0 Å². The Morgan fingerprint density at radius 2 is 2.07 bits per heavy atom. The number of rotatable bonds is 0. The molecular weight excluding hydrogens is 210 g/mol. The van der Waals surface area contributed by atoms with Crippen molar-refractivity contribution >= 4 is 45.7 Å². The van der Waals surface area contributed by atoms with Gasteiger partial charge in [0.15, 0.2) is 0 Å². The zero-order valence-electron chi connectivity index (χ0n) is 7.31. The van der Waals surface area contributed by atoms with E-state index in [-0.39, 0.29) is 0 Å². The molecular formula is C11H7NS2. The van der Waals surface area contributed by atoms with Crippen LogP contribution in [0.1, 0.15) is 4.88 Å². The summed E-state index contributed by atoms with van der Waals surface area (Å²) in [5.41, 5.74) is 0. The van der Waals surface area contributed by atoms with E-state index >= 15 is 0 Å². The molecule has 3 rings (SSSR count). The van der Waals surface area contributed by atoms with Crippen molar-refractivity contribution in [2.24, 2.45) is 4.40 Å². The Balaban J connectivity index is 2.37. The van der Waals surface area contributed by atoms with E-state index in [2.05, 4.69) is 34.7 Å². The van der Waals surface area contributed by atoms with Gasteiger partial charge in [-0.3, -0.25) is 0 Å². The van der Waals surface area contributed by atoms with Gasteiger partial charge in [-0.05, 0) is 18.2 Å². The third kappa shape index (κ3) is 1.21. The van der Waals surface area contributed by atoms with Gasteiger partial charge in [-0.25, -0.2) is 4.40 Å². The summed E-state index contributed by atoms with van der Waals surface area (Å²) in [4.78, 5) is 2.60. The zero-order chi connectivity index (χ0) is 9.38. The van der Waals surface area contributed by atoms with Crippen LogP contribution >= 0.6 is 23.3 Å². The fourth-order valence-corrected chi connectivity index (χ4v) is 3.48. The summed E-state index contributed by atoms with van der Waals surface area (Å²) >= 11 is 3.39. The highest BCUT2D eigenvalue weighted by Gasteiger charge is 2.10. The average Bonchev–Trinajstić information content (AvgIpc) is 2.42. The molecule has 1 aliphatic rings. The Labute approximate surface area is 90.3 Å². The molecule has 0 fully saturated rings. The van der Waals surface area contributed by atoms with Crippen molar-refractivity contribution in [1.29, 1.82) is 0 Å². The monoisotopic (exact) mass is 217 g/mol. The predicted molar refractivity (Wildman–Crippen MR) is 65.2 cm³/mol. The Morgan fingerprint density at radius 3 is 3.07 bits per heavy atom. The van der Waals surface area contributed by atoms with E-state index in [1.807, 2.05) is 23.6 Å². The molecule has 0 amide bonds. The quantitative estimate of drug-likeness (QED) is 0.607. The lowest BCUT2D eigenvalue weighted by Crippen LogP contribution is -1.67. The summed E-state index contributed by atoms with van der Waals surface area (Å²) in [5.74, 6) is 0. The first-order valence-corrected chi connectivity index (χ1v) is 5.93. The van der Waals surface area contributed by atoms with Crippen molar-refractivity contribution in [3.05, 3.63) is 35.2 Å². The SMILES string of the molecule is C1=Cc2sc3ccccc3c2SN=C1. The molecule has 14 heavy (non-hydrogen) atoms. The van der Waals surface area contributed by atoms with Crippen LogP contribution in [-0.2, 0) is 0 Å². The standard InChI is InChI=1S/C11H7NS2/c1-2-5-9-8(4-1)11-10(13-9)6-3-7-12-14-11/h1-7H. The maximum Gasteiger partial charge on any atom is 0.0564 e. The number of benzene rings is 1. The van der Waals surface area contributed by atoms with Gasteiger partial charge in [0.1, 0.15) is 0 Å². The Morgan fingerprint density at radius 1 is 1.14 bits per heavy atom. The lowest BCUT2D eigenvalue weighted by Gasteiger charge is -1.92. The van der Waals surface area contributed by atoms with E-state index in [0.29, 0.717) is 0 Å². The van der Waals surface area contributed by atoms with E-state index < -0.39 is 0 Å². The predicted octanol–water partition coefficient (Wildman–Crippen LogP) is 4.01. The molecule has 3 heteroatoms. The van der Waals surface area contributed by atoms with E-state index in [0.717, 1.165) is 0 Å². The molecule has 0 aliphatic carbocycles. The van der Waals surface area contributed by atoms with Crippen LogP contribution in [0.5, 0.6) is 0 Å². The molecule has 1 aromatic heterocycles. The number of hydrogen-bond acceptors (Lipinski definition) is 3. The highest BCUT2D eigenvalue weighted by molar-refractivity contribution is 7.98. The number of nitrogens with zero attached hydrogens (tertiary/aromatic N) is 1. The minimum atomic E-state index is 1.29. The second-order valence-electron chi connectivity index (χ2n) is 3.00. The Kier molecular flexibility index (Phi) is 1.92. The highest BCUT2D eigenvalue weighted by Crippen LogP contribution is 2.40. The van der Waals surface area contributed by atoms with Crippen molar-refractivity contribution in [2.75, 3.05) is 0 Å². The van der Waals surface area contributed by atoms with Crippen molar-refractivity contribution < 1.29 is 0 Å². The van der Waals surface area contributed by atoms with E-state index in [1.54, 1.807) is 11.9 Å². The first kappa shape index (κ1) is 8.26. The molecule has 0 N–H and O–H groups in total. The van der Waals surface area contributed by atoms with Crippen LogP contribution in [0.3, 0.4) is 0 Å². The molecule has 0 saturated heterocycles. The van der Waals surface area contributed by atoms with Gasteiger partial charge >= 0.3 is 0 Å². The van der Waals surface area contributed by atoms with Crippen LogP contribution < -0.4 is 0 Å². The van der Waals surface area contributed by atoms with Gasteiger partial charge < -0.3 is 0 Å². The molecule has 0 spiro atoms. The fourth-order valence-electron chi connectivity index (χ4n) is 1.49. The van der Waals surface area contributed by atoms with Gasteiger partial charge in [0.25, 0.3) is 0 Å². The van der Waals surface area contributed by atoms with Crippen molar-refractivity contribution in [2.45, 2.75) is 4.90 Å². The van der Waals surface area contributed by atoms with Gasteiger partial charge in [0.2, 0.25) is 0 Å². The summed E-state index contributed by atoms with van der Waals surface area (Å²) in [6.07, 6.45) is 5.96. The van der Waals surface area contributed by atoms with Crippen molar-refractivity contribution in [1.82, 2.24) is 0 Å². The topological polar surface area (TPSA) is 12.4 Å². The second-order valence-corrected chi connectivity index (χ2v) is 4.88. The molecule has 0 radical (unpaired) electrons. The molecule has 68 valence electrons. The number of allylic oxidation sites excluding steroid dienone is 1. The Bertz CT molecular complexity index is 537. The maximum atomic E-state index is 4.25. The third-order valence-electron chi connectivity index (χ3n) is 2.11. The summed E-state index contributed by atoms with van der Waals surface area (Å²) in [6.45, 7) is 0. The maximum absolute atomic E-state index is 4.25. The molecule has 2 heterocycles. The number of hydrogen-bond donors (Lipinski definition) is 0. The molecule has 0 bridgehead atoms. The van der Waals surface area contributed by atoms with Crippen LogP contribution in [0, 0.1) is 0 Å². The molecule has 1 aromatic carbocycles. The molecule has 0 unspecified atom stereocenters. The third-order valence-corrected chi connectivity index (χ3v) is 4.23. The van der Waals surface area contributed by atoms with Gasteiger partial charge in [-0.1, -0.05) is 18.2 Å². The van der Waals surface area contributed by atoms with Gasteiger partial charge in [0, 0.05) is 33.1 Å². The first-order chi connectivity index (χ1) is 6.95. The Hall–Kier alpha value is -1.06. The highest BCUT2D eigenvalue weighted by atomic mass is 32.2. The largest absolute Gasteiger partial charge is 0.219 e. The summed E-state index contributed by atoms with van der Waals surface area (Å²) < 4.78 is 5.59. The van der Waals surface area contributed by atoms with Gasteiger partial charge in [-0.2, -0.15) is 0 Å². The van der Waals surface area contributed by atoms with Gasteiger partial charge in [-0.15, -0.1) is 11.3 Å². The summed E-state index contributed by atoms with van der Waals surface area (Å²) in [6, 6.07) is 8.48. The van der Waals surface area contributed by atoms with Crippen molar-refractivity contribution in [3.63, 3.8) is 0 Å². The summed E-state index contributed by atoms with van der Waals surface area (Å²) in [7, 11) is 0. The number of fused-ring (bicyclic) bond motifs is 3. The van der Waals surface area contributed by atoms with Crippen LogP contribution in [0.4, 0.5) is 0 Å². The van der Waals surface area contributed by atoms with Crippen molar-refractivity contribution in [3.8, 4) is 0 Å². The zero-order valence-corrected chi connectivity index (χ0v) is 8.94. The van der Waals surface area contributed by atoms with Gasteiger partial charge in [0.05, 0.1) is 4.90 Å². The lowest BCUT2D eigenvalue weighted by atomic mass is 10.2. The van der Waals surface area contributed by atoms with Crippen LogP contribution in [0.25, 0.3) is 16.2 Å². The van der Waals surface area contributed by atoms with Crippen LogP contribution in [0.15, 0.2) is 39.6 Å². The lowest BCUT2D eigenvalue weighted by molar-refractivity contribution is 1.62. The molecule has 1 aliphatic heterocycles. The average molecular weight is 217 g/mol. The summed E-state index contributed by atoms with van der Waals surface area (Å²) in [5, 5.41) is 1.32. The first-order valence-electron chi connectivity index (χ1n) is 4.34. The minimum absolute atomic E-state index is 1.29. The normalized spacial score (nSPS) is 14.3. The molecule has 1 nitrogen and oxygen atoms in total. The van der Waals surface area contributed by atoms with E-state index in [9.17, 15) is 0 Å². The fraction of sp³-hybridized carbons (Fsp3) is 0.